The molecular weight excluding hydrogens is 354 g/mol. The van der Waals surface area contributed by atoms with E-state index in [-0.39, 0.29) is 12.1 Å². The number of unbranched alkanes of at least 4 members (excludes halogenated alkanes) is 1. The summed E-state index contributed by atoms with van der Waals surface area (Å²) in [6.45, 7) is 2.40. The highest BCUT2D eigenvalue weighted by atomic mass is 32.2. The van der Waals surface area contributed by atoms with Gasteiger partial charge < -0.3 is 0 Å². The number of hydrogen-bond acceptors (Lipinski definition) is 4. The molecule has 138 valence electrons. The molecular formula is C18H21N3O4S. The van der Waals surface area contributed by atoms with E-state index in [1.165, 1.54) is 25.4 Å². The molecule has 0 spiro atoms. The Balaban J connectivity index is 2.13. The summed E-state index contributed by atoms with van der Waals surface area (Å²) in [4.78, 5) is 24.6. The molecule has 1 aromatic carbocycles. The Morgan fingerprint density at radius 1 is 1.08 bits per heavy atom. The Morgan fingerprint density at radius 3 is 2.50 bits per heavy atom. The normalized spacial score (nSPS) is 11.9. The van der Waals surface area contributed by atoms with Gasteiger partial charge in [0.25, 0.3) is 5.56 Å². The molecule has 3 rings (SSSR count). The van der Waals surface area contributed by atoms with Crippen LogP contribution in [0.15, 0.2) is 52.2 Å². The quantitative estimate of drug-likeness (QED) is 0.655. The molecule has 0 aliphatic heterocycles. The van der Waals surface area contributed by atoms with Crippen LogP contribution in [-0.2, 0) is 23.1 Å². The van der Waals surface area contributed by atoms with Gasteiger partial charge in [0.05, 0.1) is 24.0 Å². The van der Waals surface area contributed by atoms with Crippen molar-refractivity contribution in [3.8, 4) is 0 Å². The van der Waals surface area contributed by atoms with Crippen LogP contribution in [0.25, 0.3) is 10.9 Å². The summed E-state index contributed by atoms with van der Waals surface area (Å²) in [5.41, 5.74) is 0.258. The van der Waals surface area contributed by atoms with Crippen molar-refractivity contribution in [2.45, 2.75) is 32.9 Å². The molecule has 0 saturated heterocycles. The summed E-state index contributed by atoms with van der Waals surface area (Å²) >= 11 is 0. The predicted octanol–water partition coefficient (Wildman–Crippen LogP) is 1.62. The van der Waals surface area contributed by atoms with Crippen LogP contribution in [0.4, 0.5) is 0 Å². The molecule has 2 aromatic heterocycles. The van der Waals surface area contributed by atoms with E-state index in [9.17, 15) is 18.0 Å². The van der Waals surface area contributed by atoms with Crippen molar-refractivity contribution < 1.29 is 8.42 Å². The van der Waals surface area contributed by atoms with Crippen LogP contribution in [-0.4, -0.2) is 27.8 Å². The minimum Gasteiger partial charge on any atom is -0.294 e. The maximum atomic E-state index is 12.6. The number of rotatable bonds is 6. The van der Waals surface area contributed by atoms with Crippen molar-refractivity contribution in [1.29, 1.82) is 0 Å². The SMILES string of the molecule is CCCCn1c(=O)ccn(Cc2cc3ccccc3n2S(C)(=O)=O)c1=O. The standard InChI is InChI=1S/C18H21N3O4S/c1-3-4-10-20-17(22)9-11-19(18(20)23)13-15-12-14-7-5-6-8-16(14)21(15)26(2,24)25/h5-9,11-12H,3-4,10,13H2,1-2H3. The number of benzene rings is 1. The molecule has 0 atom stereocenters. The Labute approximate surface area is 151 Å². The van der Waals surface area contributed by atoms with E-state index in [1.54, 1.807) is 18.2 Å². The minimum atomic E-state index is -3.55. The van der Waals surface area contributed by atoms with Gasteiger partial charge in [-0.3, -0.25) is 13.9 Å². The van der Waals surface area contributed by atoms with Gasteiger partial charge in [0.2, 0.25) is 10.0 Å². The predicted molar refractivity (Wildman–Crippen MR) is 101 cm³/mol. The van der Waals surface area contributed by atoms with E-state index < -0.39 is 15.7 Å². The minimum absolute atomic E-state index is 0.0625. The van der Waals surface area contributed by atoms with Crippen LogP contribution >= 0.6 is 0 Å². The summed E-state index contributed by atoms with van der Waals surface area (Å²) in [5, 5.41) is 0.778. The third-order valence-corrected chi connectivity index (χ3v) is 5.37. The van der Waals surface area contributed by atoms with Crippen molar-refractivity contribution in [3.05, 3.63) is 69.1 Å². The Bertz CT molecular complexity index is 1170. The average molecular weight is 375 g/mol. The lowest BCUT2D eigenvalue weighted by atomic mass is 10.2. The summed E-state index contributed by atoms with van der Waals surface area (Å²) in [5.74, 6) is 0. The van der Waals surface area contributed by atoms with Crippen molar-refractivity contribution in [2.24, 2.45) is 0 Å². The zero-order valence-electron chi connectivity index (χ0n) is 14.8. The van der Waals surface area contributed by atoms with Gasteiger partial charge in [0.1, 0.15) is 0 Å². The highest BCUT2D eigenvalue weighted by Crippen LogP contribution is 2.22. The van der Waals surface area contributed by atoms with Crippen LogP contribution in [0.2, 0.25) is 0 Å². The van der Waals surface area contributed by atoms with Gasteiger partial charge in [-0.2, -0.15) is 0 Å². The lowest BCUT2D eigenvalue weighted by molar-refractivity contribution is 0.541. The topological polar surface area (TPSA) is 83.1 Å². The fourth-order valence-corrected chi connectivity index (χ4v) is 4.12. The van der Waals surface area contributed by atoms with Gasteiger partial charge in [0, 0.05) is 24.2 Å². The number of aromatic nitrogens is 3. The summed E-state index contributed by atoms with van der Waals surface area (Å²) in [6, 6.07) is 10.2. The fourth-order valence-electron chi connectivity index (χ4n) is 3.06. The van der Waals surface area contributed by atoms with Gasteiger partial charge >= 0.3 is 5.69 Å². The summed E-state index contributed by atoms with van der Waals surface area (Å²) < 4.78 is 28.4. The van der Waals surface area contributed by atoms with E-state index in [0.29, 0.717) is 17.8 Å². The van der Waals surface area contributed by atoms with Crippen molar-refractivity contribution in [1.82, 2.24) is 13.1 Å². The molecule has 0 unspecified atom stereocenters. The maximum Gasteiger partial charge on any atom is 0.331 e. The Kier molecular flexibility index (Phi) is 4.86. The first kappa shape index (κ1) is 18.2. The van der Waals surface area contributed by atoms with Gasteiger partial charge in [-0.25, -0.2) is 17.2 Å². The van der Waals surface area contributed by atoms with Crippen molar-refractivity contribution >= 4 is 20.9 Å². The third kappa shape index (κ3) is 3.37. The summed E-state index contributed by atoms with van der Waals surface area (Å²) in [6.07, 6.45) is 4.14. The average Bonchev–Trinajstić information content (AvgIpc) is 2.95. The molecule has 0 amide bonds. The van der Waals surface area contributed by atoms with E-state index in [4.69, 9.17) is 0 Å². The Morgan fingerprint density at radius 2 is 1.81 bits per heavy atom. The van der Waals surface area contributed by atoms with E-state index in [1.807, 2.05) is 19.1 Å². The second-order valence-electron chi connectivity index (χ2n) is 6.29. The van der Waals surface area contributed by atoms with Gasteiger partial charge in [0.15, 0.2) is 0 Å². The molecule has 0 saturated carbocycles. The zero-order chi connectivity index (χ0) is 18.9. The number of nitrogens with zero attached hydrogens (tertiary/aromatic N) is 3. The first-order chi connectivity index (χ1) is 12.3. The fraction of sp³-hybridized carbons (Fsp3) is 0.333. The molecule has 2 heterocycles. The lowest BCUT2D eigenvalue weighted by Gasteiger charge is -2.12. The van der Waals surface area contributed by atoms with Crippen molar-refractivity contribution in [3.63, 3.8) is 0 Å². The number of fused-ring (bicyclic) bond motifs is 1. The smallest absolute Gasteiger partial charge is 0.294 e. The lowest BCUT2D eigenvalue weighted by Crippen LogP contribution is -2.39. The van der Waals surface area contributed by atoms with Gasteiger partial charge in [-0.15, -0.1) is 0 Å². The maximum absolute atomic E-state index is 12.6. The van der Waals surface area contributed by atoms with Gasteiger partial charge in [-0.05, 0) is 18.6 Å². The molecule has 0 radical (unpaired) electrons. The van der Waals surface area contributed by atoms with Gasteiger partial charge in [-0.1, -0.05) is 31.5 Å². The number of hydrogen-bond donors (Lipinski definition) is 0. The molecule has 0 fully saturated rings. The third-order valence-electron chi connectivity index (χ3n) is 4.28. The molecule has 0 aliphatic carbocycles. The summed E-state index contributed by atoms with van der Waals surface area (Å²) in [7, 11) is -3.55. The molecule has 8 heteroatoms. The van der Waals surface area contributed by atoms with Crippen LogP contribution in [0.3, 0.4) is 0 Å². The molecule has 26 heavy (non-hydrogen) atoms. The first-order valence-corrected chi connectivity index (χ1v) is 10.3. The van der Waals surface area contributed by atoms with Crippen molar-refractivity contribution in [2.75, 3.05) is 6.26 Å². The van der Waals surface area contributed by atoms with Crippen LogP contribution in [0.1, 0.15) is 25.5 Å². The van der Waals surface area contributed by atoms with Crippen LogP contribution < -0.4 is 11.2 Å². The van der Waals surface area contributed by atoms with E-state index >= 15 is 0 Å². The molecule has 0 aliphatic rings. The van der Waals surface area contributed by atoms with Crippen LogP contribution in [0, 0.1) is 0 Å². The molecule has 3 aromatic rings. The molecule has 0 bridgehead atoms. The number of para-hydroxylation sites is 1. The monoisotopic (exact) mass is 375 g/mol. The first-order valence-electron chi connectivity index (χ1n) is 8.43. The largest absolute Gasteiger partial charge is 0.331 e. The van der Waals surface area contributed by atoms with E-state index in [2.05, 4.69) is 0 Å². The highest BCUT2D eigenvalue weighted by molar-refractivity contribution is 7.89. The highest BCUT2D eigenvalue weighted by Gasteiger charge is 2.17. The van der Waals surface area contributed by atoms with Crippen LogP contribution in [0.5, 0.6) is 0 Å². The second kappa shape index (κ2) is 6.95. The van der Waals surface area contributed by atoms with E-state index in [0.717, 1.165) is 24.5 Å². The molecule has 7 nitrogen and oxygen atoms in total. The Hall–Kier alpha value is -2.61. The molecule has 0 N–H and O–H groups in total. The zero-order valence-corrected chi connectivity index (χ0v) is 15.6. The second-order valence-corrected chi connectivity index (χ2v) is 8.12.